The minimum absolute atomic E-state index is 0. The third-order valence-corrected chi connectivity index (χ3v) is 4.50. The molecule has 0 bridgehead atoms. The fraction of sp³-hybridized carbons (Fsp3) is 0.556. The number of carbonyl (C=O) groups excluding carboxylic acids is 1. The van der Waals surface area contributed by atoms with Gasteiger partial charge < -0.3 is 20.4 Å². The second-order valence-corrected chi connectivity index (χ2v) is 7.05. The van der Waals surface area contributed by atoms with E-state index in [9.17, 15) is 18.0 Å². The second kappa shape index (κ2) is 11.7. The first-order valence-electron chi connectivity index (χ1n) is 9.04. The van der Waals surface area contributed by atoms with Crippen LogP contribution in [-0.2, 0) is 4.79 Å². The lowest BCUT2D eigenvalue weighted by Crippen LogP contribution is -2.45. The van der Waals surface area contributed by atoms with E-state index < -0.39 is 18.6 Å². The second-order valence-electron chi connectivity index (χ2n) is 6.62. The van der Waals surface area contributed by atoms with Gasteiger partial charge in [-0.15, -0.1) is 24.0 Å². The highest BCUT2D eigenvalue weighted by atomic mass is 127. The van der Waals surface area contributed by atoms with Crippen molar-refractivity contribution in [1.29, 1.82) is 0 Å². The van der Waals surface area contributed by atoms with E-state index in [0.717, 1.165) is 32.2 Å². The summed E-state index contributed by atoms with van der Waals surface area (Å²) in [6.45, 7) is 2.37. The normalized spacial score (nSPS) is 17.0. The van der Waals surface area contributed by atoms with Gasteiger partial charge in [-0.3, -0.25) is 4.79 Å². The van der Waals surface area contributed by atoms with Gasteiger partial charge in [0.1, 0.15) is 13.1 Å². The van der Waals surface area contributed by atoms with Crippen LogP contribution in [0, 0.1) is 0 Å². The van der Waals surface area contributed by atoms with E-state index in [4.69, 9.17) is 11.6 Å². The van der Waals surface area contributed by atoms with Gasteiger partial charge in [0.2, 0.25) is 5.91 Å². The van der Waals surface area contributed by atoms with E-state index in [2.05, 4.69) is 20.5 Å². The van der Waals surface area contributed by atoms with Gasteiger partial charge in [-0.2, -0.15) is 13.2 Å². The SMILES string of the molecule is CCNC(=NCC(=O)N(C)CC(F)(F)F)NC1CCN(c2cccc(Cl)c2)C1.I. The van der Waals surface area contributed by atoms with E-state index in [1.807, 2.05) is 31.2 Å². The zero-order valence-electron chi connectivity index (χ0n) is 16.3. The van der Waals surface area contributed by atoms with Crippen molar-refractivity contribution in [3.05, 3.63) is 29.3 Å². The molecule has 11 heteroatoms. The number of nitrogens with one attached hydrogen (secondary N) is 2. The Hall–Kier alpha value is -1.43. The molecule has 1 aliphatic heterocycles. The maximum absolute atomic E-state index is 12.4. The first kappa shape index (κ1) is 25.6. The topological polar surface area (TPSA) is 60.0 Å². The van der Waals surface area contributed by atoms with Crippen LogP contribution in [0.1, 0.15) is 13.3 Å². The van der Waals surface area contributed by atoms with Crippen molar-refractivity contribution in [2.45, 2.75) is 25.6 Å². The van der Waals surface area contributed by atoms with Gasteiger partial charge in [0, 0.05) is 43.4 Å². The molecule has 0 saturated carbocycles. The molecule has 164 valence electrons. The minimum Gasteiger partial charge on any atom is -0.369 e. The molecular formula is C18H26ClF3IN5O. The molecule has 1 amide bonds. The van der Waals surface area contributed by atoms with E-state index in [1.54, 1.807) is 0 Å². The lowest BCUT2D eigenvalue weighted by molar-refractivity contribution is -0.157. The number of benzene rings is 1. The molecule has 0 spiro atoms. The molecule has 1 aromatic rings. The Labute approximate surface area is 190 Å². The van der Waals surface area contributed by atoms with Gasteiger partial charge in [0.05, 0.1) is 0 Å². The summed E-state index contributed by atoms with van der Waals surface area (Å²) in [5, 5.41) is 6.94. The Morgan fingerprint density at radius 1 is 1.41 bits per heavy atom. The maximum atomic E-state index is 12.4. The molecule has 1 aliphatic rings. The van der Waals surface area contributed by atoms with Gasteiger partial charge in [0.25, 0.3) is 0 Å². The summed E-state index contributed by atoms with van der Waals surface area (Å²) in [4.78, 5) is 18.8. The monoisotopic (exact) mass is 547 g/mol. The molecule has 0 aliphatic carbocycles. The Morgan fingerprint density at radius 2 is 2.14 bits per heavy atom. The number of anilines is 1. The number of amides is 1. The third-order valence-electron chi connectivity index (χ3n) is 4.26. The number of likely N-dealkylation sites (N-methyl/N-ethyl adjacent to an activating group) is 1. The van der Waals surface area contributed by atoms with Crippen LogP contribution in [0.15, 0.2) is 29.3 Å². The molecule has 6 nitrogen and oxygen atoms in total. The number of hydrogen-bond acceptors (Lipinski definition) is 3. The van der Waals surface area contributed by atoms with Gasteiger partial charge in [0.15, 0.2) is 5.96 Å². The fourth-order valence-corrected chi connectivity index (χ4v) is 3.11. The van der Waals surface area contributed by atoms with Crippen LogP contribution < -0.4 is 15.5 Å². The number of rotatable bonds is 6. The molecule has 2 N–H and O–H groups in total. The first-order chi connectivity index (χ1) is 13.2. The van der Waals surface area contributed by atoms with Gasteiger partial charge >= 0.3 is 6.18 Å². The molecule has 1 fully saturated rings. The van der Waals surface area contributed by atoms with Crippen LogP contribution in [0.4, 0.5) is 18.9 Å². The lowest BCUT2D eigenvalue weighted by atomic mass is 10.3. The zero-order chi connectivity index (χ0) is 20.7. The highest BCUT2D eigenvalue weighted by Gasteiger charge is 2.31. The van der Waals surface area contributed by atoms with E-state index in [0.29, 0.717) is 22.4 Å². The van der Waals surface area contributed by atoms with Gasteiger partial charge in [-0.1, -0.05) is 17.7 Å². The summed E-state index contributed by atoms with van der Waals surface area (Å²) in [6.07, 6.45) is -3.57. The average Bonchev–Trinajstić information content (AvgIpc) is 3.06. The molecule has 2 rings (SSSR count). The Kier molecular flexibility index (Phi) is 10.3. The molecule has 29 heavy (non-hydrogen) atoms. The van der Waals surface area contributed by atoms with Crippen LogP contribution in [0.5, 0.6) is 0 Å². The van der Waals surface area contributed by atoms with E-state index in [-0.39, 0.29) is 36.6 Å². The van der Waals surface area contributed by atoms with Crippen LogP contribution in [0.25, 0.3) is 0 Å². The largest absolute Gasteiger partial charge is 0.406 e. The summed E-state index contributed by atoms with van der Waals surface area (Å²) >= 11 is 6.04. The van der Waals surface area contributed by atoms with E-state index in [1.165, 1.54) is 0 Å². The van der Waals surface area contributed by atoms with Crippen molar-refractivity contribution in [3.63, 3.8) is 0 Å². The molecule has 1 saturated heterocycles. The summed E-state index contributed by atoms with van der Waals surface area (Å²) in [7, 11) is 1.12. The van der Waals surface area contributed by atoms with Crippen molar-refractivity contribution in [1.82, 2.24) is 15.5 Å². The summed E-state index contributed by atoms with van der Waals surface area (Å²) in [6, 6.07) is 7.70. The predicted molar refractivity (Wildman–Crippen MR) is 120 cm³/mol. The quantitative estimate of drug-likeness (QED) is 0.327. The molecular weight excluding hydrogens is 522 g/mol. The van der Waals surface area contributed by atoms with Crippen LogP contribution in [0.2, 0.25) is 5.02 Å². The van der Waals surface area contributed by atoms with Crippen LogP contribution in [0.3, 0.4) is 0 Å². The number of guanidine groups is 1. The number of hydrogen-bond donors (Lipinski definition) is 2. The summed E-state index contributed by atoms with van der Waals surface area (Å²) in [5.41, 5.74) is 1.03. The Morgan fingerprint density at radius 3 is 2.76 bits per heavy atom. The average molecular weight is 548 g/mol. The Bertz CT molecular complexity index is 704. The van der Waals surface area contributed by atoms with Crippen molar-refractivity contribution in [2.24, 2.45) is 4.99 Å². The summed E-state index contributed by atoms with van der Waals surface area (Å²) < 4.78 is 37.2. The predicted octanol–water partition coefficient (Wildman–Crippen LogP) is 3.11. The number of aliphatic imine (C=N–C) groups is 1. The number of halogens is 5. The number of carbonyl (C=O) groups is 1. The van der Waals surface area contributed by atoms with Gasteiger partial charge in [-0.25, -0.2) is 4.99 Å². The van der Waals surface area contributed by atoms with Crippen molar-refractivity contribution >= 4 is 53.1 Å². The zero-order valence-corrected chi connectivity index (χ0v) is 19.4. The molecule has 1 heterocycles. The third kappa shape index (κ3) is 8.85. The minimum atomic E-state index is -4.43. The van der Waals surface area contributed by atoms with Crippen molar-refractivity contribution in [2.75, 3.05) is 44.7 Å². The first-order valence-corrected chi connectivity index (χ1v) is 9.42. The lowest BCUT2D eigenvalue weighted by Gasteiger charge is -2.21. The molecule has 1 unspecified atom stereocenters. The highest BCUT2D eigenvalue weighted by molar-refractivity contribution is 14.0. The number of nitrogens with zero attached hydrogens (tertiary/aromatic N) is 3. The van der Waals surface area contributed by atoms with Crippen LogP contribution >= 0.6 is 35.6 Å². The Balaban J connectivity index is 0.00000420. The van der Waals surface area contributed by atoms with E-state index >= 15 is 0 Å². The van der Waals surface area contributed by atoms with Crippen molar-refractivity contribution in [3.8, 4) is 0 Å². The highest BCUT2D eigenvalue weighted by Crippen LogP contribution is 2.23. The molecule has 1 atom stereocenters. The van der Waals surface area contributed by atoms with Crippen molar-refractivity contribution < 1.29 is 18.0 Å². The summed E-state index contributed by atoms with van der Waals surface area (Å²) in [5.74, 6) is -0.282. The molecule has 0 radical (unpaired) electrons. The fourth-order valence-electron chi connectivity index (χ4n) is 2.92. The smallest absolute Gasteiger partial charge is 0.369 e. The maximum Gasteiger partial charge on any atom is 0.406 e. The van der Waals surface area contributed by atoms with Crippen LogP contribution in [-0.4, -0.2) is 68.8 Å². The standard InChI is InChI=1S/C18H25ClF3N5O.HI/c1-3-23-17(24-10-16(28)26(2)12-18(20,21)22)25-14-7-8-27(11-14)15-6-4-5-13(19)9-15;/h4-6,9,14H,3,7-8,10-12H2,1-2H3,(H2,23,24,25);1H. The molecule has 1 aromatic carbocycles. The molecule has 0 aromatic heterocycles. The van der Waals surface area contributed by atoms with Gasteiger partial charge in [-0.05, 0) is 31.5 Å². The number of alkyl halides is 3.